The minimum Gasteiger partial charge on any atom is -0.493 e. The van der Waals surface area contributed by atoms with Crippen molar-refractivity contribution in [2.75, 3.05) is 45.8 Å². The van der Waals surface area contributed by atoms with Gasteiger partial charge in [-0.05, 0) is 49.1 Å². The lowest BCUT2D eigenvalue weighted by Crippen LogP contribution is -2.28. The lowest BCUT2D eigenvalue weighted by Gasteiger charge is -2.21. The molecule has 0 aliphatic carbocycles. The van der Waals surface area contributed by atoms with E-state index in [1.54, 1.807) is 26.2 Å². The number of sulfonamides is 1. The number of nitro groups is 1. The molecule has 0 spiro atoms. The van der Waals surface area contributed by atoms with E-state index in [1.165, 1.54) is 16.4 Å². The molecule has 0 aromatic heterocycles. The lowest BCUT2D eigenvalue weighted by atomic mass is 10.1. The molecule has 1 fully saturated rings. The van der Waals surface area contributed by atoms with E-state index in [0.717, 1.165) is 24.5 Å². The van der Waals surface area contributed by atoms with E-state index in [0.29, 0.717) is 43.2 Å². The van der Waals surface area contributed by atoms with Crippen LogP contribution in [-0.4, -0.2) is 58.5 Å². The Bertz CT molecular complexity index is 1050. The molecule has 0 atom stereocenters. The summed E-state index contributed by atoms with van der Waals surface area (Å²) in [6.07, 6.45) is 2.22. The van der Waals surface area contributed by atoms with E-state index >= 15 is 0 Å². The van der Waals surface area contributed by atoms with Gasteiger partial charge in [0, 0.05) is 32.7 Å². The first kappa shape index (κ1) is 22.8. The van der Waals surface area contributed by atoms with Gasteiger partial charge in [0.15, 0.2) is 11.5 Å². The van der Waals surface area contributed by atoms with Crippen LogP contribution in [0.3, 0.4) is 0 Å². The molecule has 1 heterocycles. The highest BCUT2D eigenvalue weighted by Crippen LogP contribution is 2.33. The Labute approximate surface area is 182 Å². The highest BCUT2D eigenvalue weighted by Gasteiger charge is 2.30. The van der Waals surface area contributed by atoms with Crippen molar-refractivity contribution in [3.63, 3.8) is 0 Å². The van der Waals surface area contributed by atoms with Gasteiger partial charge in [-0.1, -0.05) is 6.07 Å². The Hall–Kier alpha value is -2.85. The second kappa shape index (κ2) is 9.52. The van der Waals surface area contributed by atoms with Crippen LogP contribution in [0.2, 0.25) is 0 Å². The predicted octanol–water partition coefficient (Wildman–Crippen LogP) is 3.08. The molecule has 10 heteroatoms. The number of nitrogens with zero attached hydrogens (tertiary/aromatic N) is 3. The summed E-state index contributed by atoms with van der Waals surface area (Å²) in [5.41, 5.74) is 1.13. The molecule has 1 aliphatic heterocycles. The van der Waals surface area contributed by atoms with E-state index < -0.39 is 14.9 Å². The largest absolute Gasteiger partial charge is 0.493 e. The number of ether oxygens (including phenoxy) is 2. The van der Waals surface area contributed by atoms with Crippen molar-refractivity contribution in [1.82, 2.24) is 4.31 Å². The van der Waals surface area contributed by atoms with Gasteiger partial charge in [0.25, 0.3) is 5.69 Å². The third kappa shape index (κ3) is 4.91. The molecular weight excluding hydrogens is 422 g/mol. The van der Waals surface area contributed by atoms with Gasteiger partial charge in [-0.15, -0.1) is 0 Å². The molecular formula is C21H27N3O6S. The maximum atomic E-state index is 12.8. The number of benzene rings is 2. The van der Waals surface area contributed by atoms with Crippen molar-refractivity contribution in [3.8, 4) is 11.5 Å². The van der Waals surface area contributed by atoms with Crippen LogP contribution < -0.4 is 14.4 Å². The Kier molecular flexibility index (Phi) is 7.01. The fourth-order valence-electron chi connectivity index (χ4n) is 3.66. The summed E-state index contributed by atoms with van der Waals surface area (Å²) in [6.45, 7) is 1.39. The standard InChI is InChI=1S/C21H27N3O6S/c1-22(13-10-16-6-9-20(29-2)21(14-16)30-3)18-8-7-17(15-19(18)24(25)26)31(27,28)23-11-4-5-12-23/h6-9,14-15H,4-5,10-13H2,1-3H3. The molecule has 31 heavy (non-hydrogen) atoms. The van der Waals surface area contributed by atoms with Gasteiger partial charge in [-0.2, -0.15) is 4.31 Å². The zero-order valence-corrected chi connectivity index (χ0v) is 18.7. The van der Waals surface area contributed by atoms with E-state index in [4.69, 9.17) is 9.47 Å². The second-order valence-corrected chi connectivity index (χ2v) is 9.32. The van der Waals surface area contributed by atoms with Crippen LogP contribution in [0.15, 0.2) is 41.3 Å². The number of hydrogen-bond donors (Lipinski definition) is 0. The number of nitro benzene ring substituents is 1. The van der Waals surface area contributed by atoms with Crippen LogP contribution in [0.25, 0.3) is 0 Å². The summed E-state index contributed by atoms with van der Waals surface area (Å²) in [5.74, 6) is 1.25. The summed E-state index contributed by atoms with van der Waals surface area (Å²) in [7, 11) is 1.16. The van der Waals surface area contributed by atoms with Crippen molar-refractivity contribution in [3.05, 3.63) is 52.1 Å². The molecule has 0 amide bonds. The van der Waals surface area contributed by atoms with Gasteiger partial charge in [0.2, 0.25) is 10.0 Å². The van der Waals surface area contributed by atoms with Gasteiger partial charge < -0.3 is 14.4 Å². The fourth-order valence-corrected chi connectivity index (χ4v) is 5.20. The number of rotatable bonds is 9. The van der Waals surface area contributed by atoms with E-state index in [-0.39, 0.29) is 10.6 Å². The highest BCUT2D eigenvalue weighted by atomic mass is 32.2. The maximum Gasteiger partial charge on any atom is 0.293 e. The number of methoxy groups -OCH3 is 2. The molecule has 2 aromatic carbocycles. The molecule has 2 aromatic rings. The van der Waals surface area contributed by atoms with Crippen molar-refractivity contribution >= 4 is 21.4 Å². The third-order valence-electron chi connectivity index (χ3n) is 5.44. The first-order valence-corrected chi connectivity index (χ1v) is 11.4. The molecule has 168 valence electrons. The molecule has 0 bridgehead atoms. The minimum atomic E-state index is -3.72. The number of likely N-dealkylation sites (N-methyl/N-ethyl adjacent to an activating group) is 1. The quantitative estimate of drug-likeness (QED) is 0.428. The lowest BCUT2D eigenvalue weighted by molar-refractivity contribution is -0.384. The average Bonchev–Trinajstić information content (AvgIpc) is 3.32. The topological polar surface area (TPSA) is 102 Å². The molecule has 0 unspecified atom stereocenters. The van der Waals surface area contributed by atoms with E-state index in [2.05, 4.69) is 0 Å². The van der Waals surface area contributed by atoms with Crippen LogP contribution in [-0.2, 0) is 16.4 Å². The van der Waals surface area contributed by atoms with Crippen LogP contribution in [0, 0.1) is 10.1 Å². The molecule has 9 nitrogen and oxygen atoms in total. The Morgan fingerprint density at radius 3 is 2.35 bits per heavy atom. The molecule has 1 saturated heterocycles. The van der Waals surface area contributed by atoms with Crippen LogP contribution in [0.4, 0.5) is 11.4 Å². The average molecular weight is 450 g/mol. The van der Waals surface area contributed by atoms with Gasteiger partial charge in [0.05, 0.1) is 24.0 Å². The third-order valence-corrected chi connectivity index (χ3v) is 7.34. The maximum absolute atomic E-state index is 12.8. The van der Waals surface area contributed by atoms with Gasteiger partial charge in [-0.3, -0.25) is 10.1 Å². The Balaban J connectivity index is 1.81. The Morgan fingerprint density at radius 2 is 1.74 bits per heavy atom. The monoisotopic (exact) mass is 449 g/mol. The fraction of sp³-hybridized carbons (Fsp3) is 0.429. The first-order valence-electron chi connectivity index (χ1n) is 9.98. The van der Waals surface area contributed by atoms with Crippen molar-refractivity contribution in [2.24, 2.45) is 0 Å². The van der Waals surface area contributed by atoms with Gasteiger partial charge >= 0.3 is 0 Å². The van der Waals surface area contributed by atoms with Gasteiger partial charge in [-0.25, -0.2) is 8.42 Å². The zero-order valence-electron chi connectivity index (χ0n) is 17.9. The summed E-state index contributed by atoms with van der Waals surface area (Å²) >= 11 is 0. The van der Waals surface area contributed by atoms with Gasteiger partial charge in [0.1, 0.15) is 5.69 Å². The molecule has 0 radical (unpaired) electrons. The van der Waals surface area contributed by atoms with Crippen LogP contribution >= 0.6 is 0 Å². The van der Waals surface area contributed by atoms with E-state index in [1.807, 2.05) is 18.2 Å². The second-order valence-electron chi connectivity index (χ2n) is 7.38. The first-order chi connectivity index (χ1) is 14.8. The SMILES string of the molecule is COc1ccc(CCN(C)c2ccc(S(=O)(=O)N3CCCC3)cc2[N+](=O)[O-])cc1OC. The van der Waals surface area contributed by atoms with Crippen LogP contribution in [0.5, 0.6) is 11.5 Å². The molecule has 3 rings (SSSR count). The summed E-state index contributed by atoms with van der Waals surface area (Å²) in [6, 6.07) is 9.71. The van der Waals surface area contributed by atoms with E-state index in [9.17, 15) is 18.5 Å². The summed E-state index contributed by atoms with van der Waals surface area (Å²) in [4.78, 5) is 12.9. The summed E-state index contributed by atoms with van der Waals surface area (Å²) in [5, 5.41) is 11.7. The highest BCUT2D eigenvalue weighted by molar-refractivity contribution is 7.89. The van der Waals surface area contributed by atoms with Crippen molar-refractivity contribution in [2.45, 2.75) is 24.2 Å². The zero-order chi connectivity index (χ0) is 22.6. The van der Waals surface area contributed by atoms with Crippen LogP contribution in [0.1, 0.15) is 18.4 Å². The molecule has 1 aliphatic rings. The van der Waals surface area contributed by atoms with Crippen molar-refractivity contribution < 1.29 is 22.8 Å². The van der Waals surface area contributed by atoms with Crippen molar-refractivity contribution in [1.29, 1.82) is 0 Å². The normalized spacial score (nSPS) is 14.4. The smallest absolute Gasteiger partial charge is 0.293 e. The predicted molar refractivity (Wildman–Crippen MR) is 118 cm³/mol. The summed E-state index contributed by atoms with van der Waals surface area (Å²) < 4.78 is 37.5. The molecule has 0 N–H and O–H groups in total. The minimum absolute atomic E-state index is 0.0434. The Morgan fingerprint density at radius 1 is 1.06 bits per heavy atom. The number of hydrogen-bond acceptors (Lipinski definition) is 7. The molecule has 0 saturated carbocycles. The number of anilines is 1.